The molecule has 120 valence electrons. The van der Waals surface area contributed by atoms with Crippen LogP contribution >= 0.6 is 0 Å². The molecule has 0 saturated heterocycles. The lowest BCUT2D eigenvalue weighted by molar-refractivity contribution is -0.113. The Morgan fingerprint density at radius 3 is 1.43 bits per heavy atom. The van der Waals surface area contributed by atoms with E-state index in [2.05, 4.69) is 10.6 Å². The number of hydrogen-bond acceptors (Lipinski definition) is 5. The van der Waals surface area contributed by atoms with Gasteiger partial charge in [-0.1, -0.05) is 0 Å². The highest BCUT2D eigenvalue weighted by atomic mass is 16.6. The van der Waals surface area contributed by atoms with E-state index in [4.69, 9.17) is 15.2 Å². The number of primary amides is 1. The third kappa shape index (κ3) is 11.3. The Balaban J connectivity index is 4.81. The molecule has 0 aromatic heterocycles. The molecule has 0 bridgehead atoms. The maximum absolute atomic E-state index is 11.6. The summed E-state index contributed by atoms with van der Waals surface area (Å²) in [6.07, 6.45) is -0.842. The standard InChI is InChI=1S/C13H23N3O5/c1-12(2,3)20-10(18)15-9(7-8(14)17)16-11(19)21-13(4,5)6/h7H,1-6H3,(H2,14,17)(H,15,18)(H,16,19). The largest absolute Gasteiger partial charge is 0.444 e. The second kappa shape index (κ2) is 6.96. The molecule has 0 atom stereocenters. The number of nitrogens with one attached hydrogen (secondary N) is 2. The van der Waals surface area contributed by atoms with Crippen molar-refractivity contribution in [1.29, 1.82) is 0 Å². The van der Waals surface area contributed by atoms with E-state index >= 15 is 0 Å². The predicted molar refractivity (Wildman–Crippen MR) is 76.0 cm³/mol. The third-order valence-corrected chi connectivity index (χ3v) is 1.56. The summed E-state index contributed by atoms with van der Waals surface area (Å²) in [5.74, 6) is -1.08. The Kier molecular flexibility index (Phi) is 6.21. The number of nitrogens with two attached hydrogens (primary N) is 1. The topological polar surface area (TPSA) is 120 Å². The molecule has 0 unspecified atom stereocenters. The van der Waals surface area contributed by atoms with Crippen molar-refractivity contribution in [2.45, 2.75) is 52.7 Å². The summed E-state index contributed by atoms with van der Waals surface area (Å²) >= 11 is 0. The van der Waals surface area contributed by atoms with E-state index in [0.717, 1.165) is 6.08 Å². The van der Waals surface area contributed by atoms with Gasteiger partial charge in [0.25, 0.3) is 0 Å². The predicted octanol–water partition coefficient (Wildman–Crippen LogP) is 1.36. The molecule has 0 radical (unpaired) electrons. The number of alkyl carbamates (subject to hydrolysis) is 2. The summed E-state index contributed by atoms with van der Waals surface area (Å²) in [6, 6.07) is 0. The van der Waals surface area contributed by atoms with Crippen molar-refractivity contribution in [3.05, 3.63) is 11.9 Å². The average Bonchev–Trinajstić information content (AvgIpc) is 2.07. The van der Waals surface area contributed by atoms with Crippen molar-refractivity contribution in [2.24, 2.45) is 5.73 Å². The van der Waals surface area contributed by atoms with Crippen LogP contribution in [-0.4, -0.2) is 29.3 Å². The van der Waals surface area contributed by atoms with Gasteiger partial charge in [-0.2, -0.15) is 0 Å². The van der Waals surface area contributed by atoms with Crippen LogP contribution in [0, 0.1) is 0 Å². The molecule has 3 amide bonds. The minimum absolute atomic E-state index is 0.231. The lowest BCUT2D eigenvalue weighted by atomic mass is 10.2. The van der Waals surface area contributed by atoms with Gasteiger partial charge in [0, 0.05) is 6.08 Å². The van der Waals surface area contributed by atoms with Crippen LogP contribution in [0.2, 0.25) is 0 Å². The quantitative estimate of drug-likeness (QED) is 0.680. The van der Waals surface area contributed by atoms with Crippen molar-refractivity contribution in [2.75, 3.05) is 0 Å². The average molecular weight is 301 g/mol. The third-order valence-electron chi connectivity index (χ3n) is 1.56. The summed E-state index contributed by atoms with van der Waals surface area (Å²) in [5, 5.41) is 4.42. The Bertz CT molecular complexity index is 412. The molecule has 4 N–H and O–H groups in total. The van der Waals surface area contributed by atoms with E-state index in [1.807, 2.05) is 0 Å². The zero-order valence-corrected chi connectivity index (χ0v) is 13.2. The molecule has 0 fully saturated rings. The van der Waals surface area contributed by atoms with Crippen LogP contribution in [0.5, 0.6) is 0 Å². The highest BCUT2D eigenvalue weighted by Gasteiger charge is 2.20. The molecule has 0 aliphatic carbocycles. The van der Waals surface area contributed by atoms with Crippen LogP contribution in [0.4, 0.5) is 9.59 Å². The fourth-order valence-electron chi connectivity index (χ4n) is 1.07. The van der Waals surface area contributed by atoms with Gasteiger partial charge in [0.15, 0.2) is 0 Å². The minimum Gasteiger partial charge on any atom is -0.444 e. The first-order chi connectivity index (χ1) is 9.28. The number of carbonyl (C=O) groups is 3. The van der Waals surface area contributed by atoms with Crippen LogP contribution in [-0.2, 0) is 14.3 Å². The van der Waals surface area contributed by atoms with Crippen molar-refractivity contribution in [1.82, 2.24) is 10.6 Å². The van der Waals surface area contributed by atoms with Gasteiger partial charge in [-0.3, -0.25) is 15.4 Å². The second-order valence-electron chi connectivity index (χ2n) is 6.21. The maximum atomic E-state index is 11.6. The molecule has 0 aliphatic rings. The second-order valence-corrected chi connectivity index (χ2v) is 6.21. The zero-order valence-electron chi connectivity index (χ0n) is 13.2. The van der Waals surface area contributed by atoms with E-state index in [1.165, 1.54) is 0 Å². The molecule has 0 aromatic rings. The van der Waals surface area contributed by atoms with Gasteiger partial charge in [-0.05, 0) is 41.5 Å². The molecule has 0 saturated carbocycles. The molecule has 21 heavy (non-hydrogen) atoms. The van der Waals surface area contributed by atoms with E-state index < -0.39 is 29.3 Å². The minimum atomic E-state index is -0.850. The lowest BCUT2D eigenvalue weighted by Crippen LogP contribution is -2.41. The number of amides is 3. The zero-order chi connectivity index (χ0) is 16.8. The first-order valence-corrected chi connectivity index (χ1v) is 6.29. The van der Waals surface area contributed by atoms with E-state index in [9.17, 15) is 14.4 Å². The number of hydrogen-bond donors (Lipinski definition) is 3. The Morgan fingerprint density at radius 1 is 0.857 bits per heavy atom. The molecule has 0 heterocycles. The first-order valence-electron chi connectivity index (χ1n) is 6.29. The molecular formula is C13H23N3O5. The summed E-state index contributed by atoms with van der Waals surface area (Å²) in [6.45, 7) is 10.0. The van der Waals surface area contributed by atoms with Crippen LogP contribution in [0.15, 0.2) is 11.9 Å². The van der Waals surface area contributed by atoms with Crippen LogP contribution < -0.4 is 16.4 Å². The van der Waals surface area contributed by atoms with Crippen LogP contribution in [0.1, 0.15) is 41.5 Å². The number of rotatable bonds is 3. The molecule has 8 heteroatoms. The van der Waals surface area contributed by atoms with Gasteiger partial charge in [-0.15, -0.1) is 0 Å². The SMILES string of the molecule is CC(C)(C)OC(=O)NC(=CC(N)=O)NC(=O)OC(C)(C)C. The highest BCUT2D eigenvalue weighted by Crippen LogP contribution is 2.08. The fraction of sp³-hybridized carbons (Fsp3) is 0.615. The van der Waals surface area contributed by atoms with E-state index in [0.29, 0.717) is 0 Å². The Hall–Kier alpha value is -2.25. The van der Waals surface area contributed by atoms with Crippen LogP contribution in [0.3, 0.4) is 0 Å². The normalized spacial score (nSPS) is 11.1. The molecule has 0 aromatic carbocycles. The maximum Gasteiger partial charge on any atom is 0.413 e. The van der Waals surface area contributed by atoms with Gasteiger partial charge in [0.05, 0.1) is 0 Å². The Morgan fingerprint density at radius 2 is 1.19 bits per heavy atom. The van der Waals surface area contributed by atoms with Gasteiger partial charge < -0.3 is 15.2 Å². The van der Waals surface area contributed by atoms with Gasteiger partial charge in [0.2, 0.25) is 5.91 Å². The summed E-state index contributed by atoms with van der Waals surface area (Å²) < 4.78 is 9.99. The summed E-state index contributed by atoms with van der Waals surface area (Å²) in [5.41, 5.74) is 3.54. The molecule has 0 spiro atoms. The van der Waals surface area contributed by atoms with Crippen molar-refractivity contribution in [3.63, 3.8) is 0 Å². The molecular weight excluding hydrogens is 278 g/mol. The van der Waals surface area contributed by atoms with E-state index in [-0.39, 0.29) is 5.82 Å². The van der Waals surface area contributed by atoms with Crippen molar-refractivity contribution < 1.29 is 23.9 Å². The summed E-state index contributed by atoms with van der Waals surface area (Å²) in [4.78, 5) is 34.1. The van der Waals surface area contributed by atoms with E-state index in [1.54, 1.807) is 41.5 Å². The monoisotopic (exact) mass is 301 g/mol. The first kappa shape index (κ1) is 18.8. The molecule has 0 aliphatic heterocycles. The highest BCUT2D eigenvalue weighted by molar-refractivity contribution is 5.88. The van der Waals surface area contributed by atoms with Crippen molar-refractivity contribution >= 4 is 18.1 Å². The van der Waals surface area contributed by atoms with Crippen molar-refractivity contribution in [3.8, 4) is 0 Å². The molecule has 8 nitrogen and oxygen atoms in total. The lowest BCUT2D eigenvalue weighted by Gasteiger charge is -2.22. The number of ether oxygens (including phenoxy) is 2. The van der Waals surface area contributed by atoms with Gasteiger partial charge >= 0.3 is 12.2 Å². The smallest absolute Gasteiger partial charge is 0.413 e. The number of carbonyl (C=O) groups excluding carboxylic acids is 3. The Labute approximate surface area is 124 Å². The van der Waals surface area contributed by atoms with Gasteiger partial charge in [-0.25, -0.2) is 9.59 Å². The van der Waals surface area contributed by atoms with Gasteiger partial charge in [0.1, 0.15) is 17.0 Å². The van der Waals surface area contributed by atoms with Crippen LogP contribution in [0.25, 0.3) is 0 Å². The molecule has 0 rings (SSSR count). The summed E-state index contributed by atoms with van der Waals surface area (Å²) in [7, 11) is 0. The fourth-order valence-corrected chi connectivity index (χ4v) is 1.07.